The van der Waals surface area contributed by atoms with Crippen molar-refractivity contribution in [2.45, 2.75) is 17.1 Å². The summed E-state index contributed by atoms with van der Waals surface area (Å²) in [5.41, 5.74) is 0.592. The molecule has 0 aliphatic heterocycles. The van der Waals surface area contributed by atoms with Crippen molar-refractivity contribution in [2.75, 3.05) is 6.26 Å². The molecule has 0 amide bonds. The minimum Gasteiger partial charge on any atom is -0.385 e. The molecule has 0 aromatic heterocycles. The maximum Gasteiger partial charge on any atom is 0.170 e. The molecule has 1 aromatic carbocycles. The van der Waals surface area contributed by atoms with Gasteiger partial charge in [-0.2, -0.15) is 5.26 Å². The molecule has 4 heteroatoms. The van der Waals surface area contributed by atoms with Gasteiger partial charge in [-0.15, -0.1) is 11.8 Å². The van der Waals surface area contributed by atoms with Gasteiger partial charge in [0.1, 0.15) is 6.10 Å². The molecule has 0 aliphatic rings. The smallest absolute Gasteiger partial charge is 0.170 e. The van der Waals surface area contributed by atoms with Crippen LogP contribution in [0, 0.1) is 11.3 Å². The van der Waals surface area contributed by atoms with Crippen LogP contribution >= 0.6 is 11.8 Å². The van der Waals surface area contributed by atoms with Crippen LogP contribution in [-0.2, 0) is 0 Å². The maximum atomic E-state index is 9.62. The lowest BCUT2D eigenvalue weighted by atomic mass is 10.1. The van der Waals surface area contributed by atoms with Gasteiger partial charge < -0.3 is 10.2 Å². The van der Waals surface area contributed by atoms with Crippen molar-refractivity contribution in [3.8, 4) is 6.07 Å². The summed E-state index contributed by atoms with van der Waals surface area (Å²) in [6.07, 6.45) is -0.628. The van der Waals surface area contributed by atoms with Crippen molar-refractivity contribution in [1.82, 2.24) is 0 Å². The van der Waals surface area contributed by atoms with Crippen molar-refractivity contribution >= 4 is 11.8 Å². The number of hydrogen-bond donors (Lipinski definition) is 2. The van der Waals surface area contributed by atoms with Crippen LogP contribution in [0.25, 0.3) is 0 Å². The second kappa shape index (κ2) is 5.01. The van der Waals surface area contributed by atoms with Crippen molar-refractivity contribution in [3.63, 3.8) is 0 Å². The van der Waals surface area contributed by atoms with Gasteiger partial charge in [-0.25, -0.2) is 0 Å². The predicted octanol–water partition coefficient (Wildman–Crippen LogP) is 1.33. The van der Waals surface area contributed by atoms with Crippen LogP contribution in [0.3, 0.4) is 0 Å². The predicted molar refractivity (Wildman–Crippen MR) is 54.8 cm³/mol. The Balaban J connectivity index is 3.00. The van der Waals surface area contributed by atoms with E-state index >= 15 is 0 Å². The molecule has 74 valence electrons. The molecular weight excluding hydrogens is 198 g/mol. The normalized spacial score (nSPS) is 14.4. The molecular formula is C10H11NO2S. The van der Waals surface area contributed by atoms with Crippen LogP contribution in [-0.4, -0.2) is 22.6 Å². The molecule has 0 radical (unpaired) electrons. The zero-order valence-electron chi connectivity index (χ0n) is 7.71. The first-order chi connectivity index (χ1) is 6.70. The van der Waals surface area contributed by atoms with Crippen molar-refractivity contribution in [1.29, 1.82) is 5.26 Å². The van der Waals surface area contributed by atoms with Gasteiger partial charge in [-0.05, 0) is 17.9 Å². The highest BCUT2D eigenvalue weighted by Gasteiger charge is 2.19. The fourth-order valence-electron chi connectivity index (χ4n) is 1.15. The third-order valence-corrected chi connectivity index (χ3v) is 2.70. The molecule has 0 saturated heterocycles. The largest absolute Gasteiger partial charge is 0.385 e. The fourth-order valence-corrected chi connectivity index (χ4v) is 1.79. The van der Waals surface area contributed by atoms with E-state index in [1.54, 1.807) is 18.2 Å². The highest BCUT2D eigenvalue weighted by Crippen LogP contribution is 2.27. The standard InChI is InChI=1S/C10H11NO2S/c1-14-9-5-3-2-4-7(9)10(13)8(12)6-11/h2-5,8,10,12-13H,1H3. The van der Waals surface area contributed by atoms with E-state index in [1.807, 2.05) is 18.4 Å². The zero-order valence-corrected chi connectivity index (χ0v) is 8.53. The molecule has 14 heavy (non-hydrogen) atoms. The first-order valence-electron chi connectivity index (χ1n) is 4.09. The summed E-state index contributed by atoms with van der Waals surface area (Å²) < 4.78 is 0. The quantitative estimate of drug-likeness (QED) is 0.582. The van der Waals surface area contributed by atoms with Crippen molar-refractivity contribution in [3.05, 3.63) is 29.8 Å². The lowest BCUT2D eigenvalue weighted by Crippen LogP contribution is -2.16. The van der Waals surface area contributed by atoms with Gasteiger partial charge in [0.25, 0.3) is 0 Å². The number of hydrogen-bond acceptors (Lipinski definition) is 4. The fraction of sp³-hybridized carbons (Fsp3) is 0.300. The van der Waals surface area contributed by atoms with E-state index < -0.39 is 12.2 Å². The summed E-state index contributed by atoms with van der Waals surface area (Å²) in [6, 6.07) is 8.77. The Labute approximate surface area is 87.0 Å². The van der Waals surface area contributed by atoms with E-state index in [0.717, 1.165) is 4.90 Å². The number of nitrogens with zero attached hydrogens (tertiary/aromatic N) is 1. The van der Waals surface area contributed by atoms with Gasteiger partial charge in [-0.3, -0.25) is 0 Å². The molecule has 1 aromatic rings. The molecule has 3 nitrogen and oxygen atoms in total. The number of benzene rings is 1. The Hall–Kier alpha value is -1.02. The summed E-state index contributed by atoms with van der Waals surface area (Å²) in [4.78, 5) is 0.870. The molecule has 0 spiro atoms. The number of rotatable bonds is 3. The molecule has 2 unspecified atom stereocenters. The van der Waals surface area contributed by atoms with E-state index in [4.69, 9.17) is 5.26 Å². The summed E-state index contributed by atoms with van der Waals surface area (Å²) >= 11 is 1.47. The van der Waals surface area contributed by atoms with Gasteiger partial charge in [0, 0.05) is 4.90 Å². The molecule has 0 aliphatic carbocycles. The average Bonchev–Trinajstić information content (AvgIpc) is 2.26. The monoisotopic (exact) mass is 209 g/mol. The molecule has 0 heterocycles. The summed E-state index contributed by atoms with van der Waals surface area (Å²) in [6.45, 7) is 0. The third-order valence-electron chi connectivity index (χ3n) is 1.89. The molecule has 2 atom stereocenters. The van der Waals surface area contributed by atoms with Gasteiger partial charge in [-0.1, -0.05) is 18.2 Å². The van der Waals surface area contributed by atoms with E-state index in [9.17, 15) is 10.2 Å². The summed E-state index contributed by atoms with van der Waals surface area (Å²) in [5, 5.41) is 27.3. The Bertz CT molecular complexity index is 348. The molecule has 0 saturated carbocycles. The molecule has 2 N–H and O–H groups in total. The van der Waals surface area contributed by atoms with Crippen LogP contribution in [0.2, 0.25) is 0 Å². The van der Waals surface area contributed by atoms with Gasteiger partial charge in [0.05, 0.1) is 6.07 Å². The first-order valence-corrected chi connectivity index (χ1v) is 5.32. The van der Waals surface area contributed by atoms with E-state index in [-0.39, 0.29) is 0 Å². The van der Waals surface area contributed by atoms with E-state index in [1.165, 1.54) is 11.8 Å². The van der Waals surface area contributed by atoms with Crippen LogP contribution < -0.4 is 0 Å². The van der Waals surface area contributed by atoms with E-state index in [0.29, 0.717) is 5.56 Å². The summed E-state index contributed by atoms with van der Waals surface area (Å²) in [5.74, 6) is 0. The lowest BCUT2D eigenvalue weighted by Gasteiger charge is -2.14. The van der Waals surface area contributed by atoms with Gasteiger partial charge in [0.15, 0.2) is 6.10 Å². The minimum absolute atomic E-state index is 0.592. The Morgan fingerprint density at radius 1 is 1.36 bits per heavy atom. The highest BCUT2D eigenvalue weighted by atomic mass is 32.2. The zero-order chi connectivity index (χ0) is 10.6. The van der Waals surface area contributed by atoms with Crippen LogP contribution in [0.15, 0.2) is 29.2 Å². The topological polar surface area (TPSA) is 64.2 Å². The maximum absolute atomic E-state index is 9.62. The van der Waals surface area contributed by atoms with Crippen LogP contribution in [0.4, 0.5) is 0 Å². The summed E-state index contributed by atoms with van der Waals surface area (Å²) in [7, 11) is 0. The van der Waals surface area contributed by atoms with Crippen LogP contribution in [0.5, 0.6) is 0 Å². The number of thioether (sulfide) groups is 1. The average molecular weight is 209 g/mol. The molecule has 0 fully saturated rings. The number of nitriles is 1. The van der Waals surface area contributed by atoms with Gasteiger partial charge >= 0.3 is 0 Å². The Kier molecular flexibility index (Phi) is 3.96. The first kappa shape index (κ1) is 11.1. The SMILES string of the molecule is CSc1ccccc1C(O)C(O)C#N. The van der Waals surface area contributed by atoms with Crippen molar-refractivity contribution < 1.29 is 10.2 Å². The number of aliphatic hydroxyl groups is 2. The lowest BCUT2D eigenvalue weighted by molar-refractivity contribution is 0.0510. The Morgan fingerprint density at radius 3 is 2.57 bits per heavy atom. The van der Waals surface area contributed by atoms with E-state index in [2.05, 4.69) is 0 Å². The second-order valence-corrected chi connectivity index (χ2v) is 3.61. The third kappa shape index (κ3) is 2.26. The number of aliphatic hydroxyl groups excluding tert-OH is 2. The molecule has 0 bridgehead atoms. The van der Waals surface area contributed by atoms with Crippen LogP contribution in [0.1, 0.15) is 11.7 Å². The van der Waals surface area contributed by atoms with Crippen molar-refractivity contribution in [2.24, 2.45) is 0 Å². The minimum atomic E-state index is -1.37. The highest BCUT2D eigenvalue weighted by molar-refractivity contribution is 7.98. The second-order valence-electron chi connectivity index (χ2n) is 2.76. The van der Waals surface area contributed by atoms with Gasteiger partial charge in [0.2, 0.25) is 0 Å². The Morgan fingerprint density at radius 2 is 2.00 bits per heavy atom. The molecule has 1 rings (SSSR count).